The highest BCUT2D eigenvalue weighted by molar-refractivity contribution is 8.00. The van der Waals surface area contributed by atoms with Crippen molar-refractivity contribution in [1.29, 1.82) is 0 Å². The van der Waals surface area contributed by atoms with E-state index < -0.39 is 0 Å². The molecular weight excluding hydrogens is 254 g/mol. The number of thioether (sulfide) groups is 1. The van der Waals surface area contributed by atoms with Crippen LogP contribution in [0.3, 0.4) is 0 Å². The molecular formula is C16H25NOS. The van der Waals surface area contributed by atoms with Crippen molar-refractivity contribution in [3.8, 4) is 5.75 Å². The lowest BCUT2D eigenvalue weighted by atomic mass is 9.91. The Balaban J connectivity index is 2.02. The Kier molecular flexibility index (Phi) is 5.59. The number of rotatable bonds is 5. The first-order valence-corrected chi connectivity index (χ1v) is 8.16. The predicted octanol–water partition coefficient (Wildman–Crippen LogP) is 4.01. The summed E-state index contributed by atoms with van der Waals surface area (Å²) in [5.74, 6) is 1.79. The molecule has 0 amide bonds. The third kappa shape index (κ3) is 4.15. The highest BCUT2D eigenvalue weighted by Crippen LogP contribution is 2.40. The third-order valence-electron chi connectivity index (χ3n) is 3.92. The van der Waals surface area contributed by atoms with Gasteiger partial charge in [0.2, 0.25) is 0 Å². The molecule has 3 heteroatoms. The summed E-state index contributed by atoms with van der Waals surface area (Å²) in [7, 11) is 1.71. The number of ether oxygens (including phenoxy) is 1. The molecule has 2 rings (SSSR count). The van der Waals surface area contributed by atoms with Crippen LogP contribution in [0.15, 0.2) is 24.3 Å². The number of hydrogen-bond acceptors (Lipinski definition) is 3. The summed E-state index contributed by atoms with van der Waals surface area (Å²) in [5, 5.41) is 1.16. The minimum absolute atomic E-state index is 0.394. The molecule has 0 heterocycles. The van der Waals surface area contributed by atoms with Gasteiger partial charge in [-0.1, -0.05) is 31.9 Å². The van der Waals surface area contributed by atoms with Crippen LogP contribution in [0.25, 0.3) is 0 Å². The van der Waals surface area contributed by atoms with Gasteiger partial charge in [-0.2, -0.15) is 0 Å². The average Bonchev–Trinajstić information content (AvgIpc) is 2.45. The van der Waals surface area contributed by atoms with E-state index in [0.29, 0.717) is 11.8 Å². The van der Waals surface area contributed by atoms with Gasteiger partial charge in [0.1, 0.15) is 5.75 Å². The van der Waals surface area contributed by atoms with Crippen molar-refractivity contribution in [2.45, 2.75) is 43.1 Å². The maximum absolute atomic E-state index is 5.99. The molecule has 0 saturated heterocycles. The number of methoxy groups -OCH3 is 1. The highest BCUT2D eigenvalue weighted by Gasteiger charge is 2.23. The number of hydrogen-bond donors (Lipinski definition) is 1. The second-order valence-corrected chi connectivity index (χ2v) is 7.04. The Hall–Kier alpha value is -0.670. The lowest BCUT2D eigenvalue weighted by Gasteiger charge is -2.29. The third-order valence-corrected chi connectivity index (χ3v) is 5.53. The van der Waals surface area contributed by atoms with Gasteiger partial charge in [0, 0.05) is 17.0 Å². The normalized spacial score (nSPS) is 25.0. The quantitative estimate of drug-likeness (QED) is 0.884. The molecule has 3 atom stereocenters. The van der Waals surface area contributed by atoms with Gasteiger partial charge in [0.15, 0.2) is 0 Å². The smallest absolute Gasteiger partial charge is 0.119 e. The van der Waals surface area contributed by atoms with Gasteiger partial charge in [-0.15, -0.1) is 11.8 Å². The Morgan fingerprint density at radius 2 is 2.26 bits per heavy atom. The van der Waals surface area contributed by atoms with Crippen LogP contribution < -0.4 is 10.5 Å². The molecule has 0 aliphatic heterocycles. The van der Waals surface area contributed by atoms with Crippen molar-refractivity contribution >= 4 is 11.8 Å². The molecule has 0 spiro atoms. The van der Waals surface area contributed by atoms with Crippen LogP contribution in [-0.4, -0.2) is 18.9 Å². The topological polar surface area (TPSA) is 35.2 Å². The summed E-state index contributed by atoms with van der Waals surface area (Å²) >= 11 is 2.06. The van der Waals surface area contributed by atoms with Crippen molar-refractivity contribution in [2.75, 3.05) is 13.7 Å². The fourth-order valence-electron chi connectivity index (χ4n) is 2.85. The fraction of sp³-hybridized carbons (Fsp3) is 0.625. The monoisotopic (exact) mass is 279 g/mol. The maximum Gasteiger partial charge on any atom is 0.119 e. The van der Waals surface area contributed by atoms with Crippen molar-refractivity contribution in [3.05, 3.63) is 29.8 Å². The molecule has 106 valence electrons. The van der Waals surface area contributed by atoms with Gasteiger partial charge >= 0.3 is 0 Å². The molecule has 0 radical (unpaired) electrons. The SMILES string of the molecule is COc1cccc(C(CN)SC2CCCC(C)C2)c1. The fourth-order valence-corrected chi connectivity index (χ4v) is 4.47. The molecule has 1 fully saturated rings. The van der Waals surface area contributed by atoms with Crippen LogP contribution in [-0.2, 0) is 0 Å². The molecule has 3 unspecified atom stereocenters. The first kappa shape index (κ1) is 14.7. The van der Waals surface area contributed by atoms with Crippen LogP contribution in [0.5, 0.6) is 5.75 Å². The molecule has 2 N–H and O–H groups in total. The minimum Gasteiger partial charge on any atom is -0.497 e. The summed E-state index contributed by atoms with van der Waals surface area (Å²) in [6.45, 7) is 3.07. The van der Waals surface area contributed by atoms with E-state index in [9.17, 15) is 0 Å². The van der Waals surface area contributed by atoms with Gasteiger partial charge in [0.05, 0.1) is 7.11 Å². The predicted molar refractivity (Wildman–Crippen MR) is 83.8 cm³/mol. The highest BCUT2D eigenvalue weighted by atomic mass is 32.2. The van der Waals surface area contributed by atoms with E-state index in [1.807, 2.05) is 6.07 Å². The van der Waals surface area contributed by atoms with Crippen LogP contribution >= 0.6 is 11.8 Å². The second kappa shape index (κ2) is 7.20. The van der Waals surface area contributed by atoms with Crippen molar-refractivity contribution in [2.24, 2.45) is 11.7 Å². The summed E-state index contributed by atoms with van der Waals surface area (Å²) in [6.07, 6.45) is 5.44. The summed E-state index contributed by atoms with van der Waals surface area (Å²) in [6, 6.07) is 8.33. The molecule has 0 aromatic heterocycles. The van der Waals surface area contributed by atoms with E-state index in [2.05, 4.69) is 36.9 Å². The van der Waals surface area contributed by atoms with Gasteiger partial charge in [-0.25, -0.2) is 0 Å². The van der Waals surface area contributed by atoms with E-state index in [-0.39, 0.29) is 0 Å². The first-order chi connectivity index (χ1) is 9.22. The Morgan fingerprint density at radius 3 is 2.95 bits per heavy atom. The van der Waals surface area contributed by atoms with Crippen molar-refractivity contribution in [1.82, 2.24) is 0 Å². The molecule has 1 aliphatic carbocycles. The summed E-state index contributed by atoms with van der Waals surface area (Å²) in [5.41, 5.74) is 7.28. The lowest BCUT2D eigenvalue weighted by molar-refractivity contribution is 0.393. The van der Waals surface area contributed by atoms with E-state index in [0.717, 1.165) is 16.9 Å². The Morgan fingerprint density at radius 1 is 1.42 bits per heavy atom. The van der Waals surface area contributed by atoms with Crippen molar-refractivity contribution in [3.63, 3.8) is 0 Å². The van der Waals surface area contributed by atoms with E-state index in [1.165, 1.54) is 31.2 Å². The summed E-state index contributed by atoms with van der Waals surface area (Å²) < 4.78 is 5.31. The van der Waals surface area contributed by atoms with Crippen molar-refractivity contribution < 1.29 is 4.74 Å². The molecule has 1 aliphatic rings. The Labute approximate surface area is 121 Å². The summed E-state index contributed by atoms with van der Waals surface area (Å²) in [4.78, 5) is 0. The zero-order chi connectivity index (χ0) is 13.7. The molecule has 2 nitrogen and oxygen atoms in total. The van der Waals surface area contributed by atoms with Gasteiger partial charge in [-0.3, -0.25) is 0 Å². The van der Waals surface area contributed by atoms with Crippen LogP contribution in [0.4, 0.5) is 0 Å². The first-order valence-electron chi connectivity index (χ1n) is 7.22. The molecule has 19 heavy (non-hydrogen) atoms. The minimum atomic E-state index is 0.394. The maximum atomic E-state index is 5.99. The lowest BCUT2D eigenvalue weighted by Crippen LogP contribution is -2.19. The zero-order valence-corrected chi connectivity index (χ0v) is 12.8. The van der Waals surface area contributed by atoms with Crippen LogP contribution in [0.2, 0.25) is 0 Å². The van der Waals surface area contributed by atoms with Crippen LogP contribution in [0.1, 0.15) is 43.4 Å². The zero-order valence-electron chi connectivity index (χ0n) is 12.0. The van der Waals surface area contributed by atoms with Gasteiger partial charge < -0.3 is 10.5 Å². The van der Waals surface area contributed by atoms with Gasteiger partial charge in [0.25, 0.3) is 0 Å². The largest absolute Gasteiger partial charge is 0.497 e. The van der Waals surface area contributed by atoms with Gasteiger partial charge in [-0.05, 0) is 36.5 Å². The molecule has 0 bridgehead atoms. The van der Waals surface area contributed by atoms with E-state index in [1.54, 1.807) is 7.11 Å². The number of nitrogens with two attached hydrogens (primary N) is 1. The van der Waals surface area contributed by atoms with E-state index >= 15 is 0 Å². The molecule has 1 aromatic rings. The van der Waals surface area contributed by atoms with Crippen LogP contribution in [0, 0.1) is 5.92 Å². The molecule has 1 saturated carbocycles. The average molecular weight is 279 g/mol. The number of benzene rings is 1. The molecule has 1 aromatic carbocycles. The Bertz CT molecular complexity index is 396. The van der Waals surface area contributed by atoms with E-state index in [4.69, 9.17) is 10.5 Å². The second-order valence-electron chi connectivity index (χ2n) is 5.53. The standard InChI is InChI=1S/C16H25NOS/c1-12-5-3-8-15(9-12)19-16(11-17)13-6-4-7-14(10-13)18-2/h4,6-7,10,12,15-16H,3,5,8-9,11,17H2,1-2H3.